The van der Waals surface area contributed by atoms with Gasteiger partial charge in [-0.05, 0) is 44.0 Å². The summed E-state index contributed by atoms with van der Waals surface area (Å²) in [5.41, 5.74) is 7.19. The number of hydrogen-bond donors (Lipinski definition) is 3. The van der Waals surface area contributed by atoms with Crippen molar-refractivity contribution in [1.82, 2.24) is 15.3 Å². The molecule has 0 bridgehead atoms. The van der Waals surface area contributed by atoms with Crippen molar-refractivity contribution in [3.63, 3.8) is 0 Å². The van der Waals surface area contributed by atoms with Gasteiger partial charge in [-0.3, -0.25) is 14.6 Å². The first-order valence-electron chi connectivity index (χ1n) is 7.74. The lowest BCUT2D eigenvalue weighted by atomic mass is 10.1. The third kappa shape index (κ3) is 4.66. The van der Waals surface area contributed by atoms with Crippen molar-refractivity contribution in [2.75, 3.05) is 19.4 Å². The standard InChI is InChI=1S/C17H20N4O4/c1-10-13(15(23)21-17(18)20-10)4-3-9-19-14(22)11-5-7-12(8-6-11)16(24)25-2/h5-8H,3-4,9H2,1-2H3,(H,19,22)(H3,18,20,21,23). The predicted molar refractivity (Wildman–Crippen MR) is 92.4 cm³/mol. The average molecular weight is 344 g/mol. The Morgan fingerprint density at radius 3 is 2.48 bits per heavy atom. The summed E-state index contributed by atoms with van der Waals surface area (Å²) in [6, 6.07) is 6.17. The average Bonchev–Trinajstić information content (AvgIpc) is 2.59. The summed E-state index contributed by atoms with van der Waals surface area (Å²) in [6.07, 6.45) is 1.07. The molecule has 1 aromatic carbocycles. The topological polar surface area (TPSA) is 127 Å². The Labute approximate surface area is 144 Å². The molecule has 0 unspecified atom stereocenters. The number of benzene rings is 1. The fourth-order valence-electron chi connectivity index (χ4n) is 2.37. The lowest BCUT2D eigenvalue weighted by Crippen LogP contribution is -2.26. The Bertz CT molecular complexity index is 828. The number of esters is 1. The van der Waals surface area contributed by atoms with Crippen LogP contribution < -0.4 is 16.6 Å². The maximum atomic E-state index is 12.1. The summed E-state index contributed by atoms with van der Waals surface area (Å²) in [5, 5.41) is 2.77. The maximum Gasteiger partial charge on any atom is 0.337 e. The number of aryl methyl sites for hydroxylation is 1. The molecule has 1 amide bonds. The highest BCUT2D eigenvalue weighted by Crippen LogP contribution is 2.06. The van der Waals surface area contributed by atoms with Crippen LogP contribution in [0.3, 0.4) is 0 Å². The number of aromatic amines is 1. The van der Waals surface area contributed by atoms with Gasteiger partial charge in [-0.15, -0.1) is 0 Å². The van der Waals surface area contributed by atoms with Crippen molar-refractivity contribution < 1.29 is 14.3 Å². The quantitative estimate of drug-likeness (QED) is 0.526. The van der Waals surface area contributed by atoms with Crippen molar-refractivity contribution in [2.24, 2.45) is 0 Å². The van der Waals surface area contributed by atoms with Crippen LogP contribution in [0.5, 0.6) is 0 Å². The van der Waals surface area contributed by atoms with Crippen molar-refractivity contribution in [2.45, 2.75) is 19.8 Å². The molecule has 1 aromatic heterocycles. The number of amides is 1. The lowest BCUT2D eigenvalue weighted by molar-refractivity contribution is 0.0600. The second kappa shape index (κ2) is 8.09. The van der Waals surface area contributed by atoms with E-state index in [1.807, 2.05) is 0 Å². The first-order valence-corrected chi connectivity index (χ1v) is 7.74. The molecule has 25 heavy (non-hydrogen) atoms. The van der Waals surface area contributed by atoms with Crippen LogP contribution in [0.2, 0.25) is 0 Å². The number of nitrogens with one attached hydrogen (secondary N) is 2. The second-order valence-electron chi connectivity index (χ2n) is 5.44. The van der Waals surface area contributed by atoms with Crippen LogP contribution in [0, 0.1) is 6.92 Å². The Morgan fingerprint density at radius 2 is 1.88 bits per heavy atom. The van der Waals surface area contributed by atoms with Crippen LogP contribution in [0.25, 0.3) is 0 Å². The van der Waals surface area contributed by atoms with E-state index in [0.29, 0.717) is 41.8 Å². The van der Waals surface area contributed by atoms with Gasteiger partial charge in [0.2, 0.25) is 5.95 Å². The summed E-state index contributed by atoms with van der Waals surface area (Å²) in [5.74, 6) is -0.614. The first-order chi connectivity index (χ1) is 11.9. The molecule has 0 radical (unpaired) electrons. The molecule has 1 heterocycles. The highest BCUT2D eigenvalue weighted by Gasteiger charge is 2.10. The lowest BCUT2D eigenvalue weighted by Gasteiger charge is -2.07. The molecule has 4 N–H and O–H groups in total. The van der Waals surface area contributed by atoms with E-state index in [4.69, 9.17) is 5.73 Å². The normalized spacial score (nSPS) is 10.3. The summed E-state index contributed by atoms with van der Waals surface area (Å²) in [6.45, 7) is 2.13. The van der Waals surface area contributed by atoms with Gasteiger partial charge < -0.3 is 15.8 Å². The van der Waals surface area contributed by atoms with Crippen molar-refractivity contribution in [3.05, 3.63) is 57.0 Å². The Hall–Kier alpha value is -3.16. The number of H-pyrrole nitrogens is 1. The van der Waals surface area contributed by atoms with E-state index in [1.54, 1.807) is 19.1 Å². The molecule has 0 fully saturated rings. The monoisotopic (exact) mass is 344 g/mol. The predicted octanol–water partition coefficient (Wildman–Crippen LogP) is 0.810. The molecule has 2 aromatic rings. The smallest absolute Gasteiger partial charge is 0.337 e. The van der Waals surface area contributed by atoms with Gasteiger partial charge in [-0.1, -0.05) is 0 Å². The molecule has 0 spiro atoms. The minimum Gasteiger partial charge on any atom is -0.465 e. The van der Waals surface area contributed by atoms with E-state index in [0.717, 1.165) is 0 Å². The molecule has 0 aliphatic rings. The Morgan fingerprint density at radius 1 is 1.24 bits per heavy atom. The van der Waals surface area contributed by atoms with E-state index < -0.39 is 5.97 Å². The molecule has 8 nitrogen and oxygen atoms in total. The van der Waals surface area contributed by atoms with Crippen LogP contribution in [0.4, 0.5) is 5.95 Å². The minimum atomic E-state index is -0.454. The van der Waals surface area contributed by atoms with Crippen LogP contribution in [0.15, 0.2) is 29.1 Å². The number of carbonyl (C=O) groups excluding carboxylic acids is 2. The van der Waals surface area contributed by atoms with Crippen molar-refractivity contribution in [1.29, 1.82) is 0 Å². The minimum absolute atomic E-state index is 0.0926. The van der Waals surface area contributed by atoms with E-state index in [9.17, 15) is 14.4 Å². The SMILES string of the molecule is COC(=O)c1ccc(C(=O)NCCCc2c(C)nc(N)[nH]c2=O)cc1. The van der Waals surface area contributed by atoms with Crippen LogP contribution in [-0.4, -0.2) is 35.5 Å². The molecule has 0 aliphatic heterocycles. The number of carbonyl (C=O) groups is 2. The zero-order valence-corrected chi connectivity index (χ0v) is 14.1. The molecule has 0 aliphatic carbocycles. The zero-order chi connectivity index (χ0) is 18.4. The summed E-state index contributed by atoms with van der Waals surface area (Å²) >= 11 is 0. The zero-order valence-electron chi connectivity index (χ0n) is 14.1. The van der Waals surface area contributed by atoms with Crippen molar-refractivity contribution in [3.8, 4) is 0 Å². The van der Waals surface area contributed by atoms with Gasteiger partial charge in [0, 0.05) is 23.4 Å². The van der Waals surface area contributed by atoms with Gasteiger partial charge >= 0.3 is 5.97 Å². The highest BCUT2D eigenvalue weighted by atomic mass is 16.5. The third-order valence-electron chi connectivity index (χ3n) is 3.70. The van der Waals surface area contributed by atoms with Crippen molar-refractivity contribution >= 4 is 17.8 Å². The van der Waals surface area contributed by atoms with E-state index in [1.165, 1.54) is 19.2 Å². The summed E-state index contributed by atoms with van der Waals surface area (Å²) in [7, 11) is 1.30. The molecular formula is C17H20N4O4. The molecule has 2 rings (SSSR count). The number of aromatic nitrogens is 2. The van der Waals surface area contributed by atoms with E-state index in [2.05, 4.69) is 20.0 Å². The highest BCUT2D eigenvalue weighted by molar-refractivity contribution is 5.96. The number of nitrogen functional groups attached to an aromatic ring is 1. The first kappa shape index (κ1) is 18.2. The summed E-state index contributed by atoms with van der Waals surface area (Å²) < 4.78 is 4.60. The number of ether oxygens (including phenoxy) is 1. The number of methoxy groups -OCH3 is 1. The largest absolute Gasteiger partial charge is 0.465 e. The van der Waals surface area contributed by atoms with Gasteiger partial charge in [0.05, 0.1) is 12.7 Å². The Balaban J connectivity index is 1.87. The van der Waals surface area contributed by atoms with E-state index >= 15 is 0 Å². The second-order valence-corrected chi connectivity index (χ2v) is 5.44. The molecule has 132 valence electrons. The molecule has 0 saturated heterocycles. The van der Waals surface area contributed by atoms with Gasteiger partial charge in [-0.2, -0.15) is 0 Å². The fraction of sp³-hybridized carbons (Fsp3) is 0.294. The number of anilines is 1. The molecule has 0 atom stereocenters. The third-order valence-corrected chi connectivity index (χ3v) is 3.70. The molecule has 0 saturated carbocycles. The summed E-state index contributed by atoms with van der Waals surface area (Å²) in [4.78, 5) is 41.7. The fourth-order valence-corrected chi connectivity index (χ4v) is 2.37. The van der Waals surface area contributed by atoms with E-state index in [-0.39, 0.29) is 17.4 Å². The van der Waals surface area contributed by atoms with Gasteiger partial charge in [0.15, 0.2) is 0 Å². The number of nitrogens with zero attached hydrogens (tertiary/aromatic N) is 1. The molecule has 8 heteroatoms. The molecular weight excluding hydrogens is 324 g/mol. The number of rotatable bonds is 6. The van der Waals surface area contributed by atoms with Crippen LogP contribution in [0.1, 0.15) is 38.4 Å². The van der Waals surface area contributed by atoms with Gasteiger partial charge in [0.1, 0.15) is 0 Å². The van der Waals surface area contributed by atoms with Crippen LogP contribution in [-0.2, 0) is 11.2 Å². The Kier molecular flexibility index (Phi) is 5.89. The number of hydrogen-bond acceptors (Lipinski definition) is 6. The van der Waals surface area contributed by atoms with Crippen LogP contribution >= 0.6 is 0 Å². The van der Waals surface area contributed by atoms with Gasteiger partial charge in [0.25, 0.3) is 11.5 Å². The number of nitrogens with two attached hydrogens (primary N) is 1. The van der Waals surface area contributed by atoms with Gasteiger partial charge in [-0.25, -0.2) is 9.78 Å². The maximum absolute atomic E-state index is 12.1.